The number of nitrogens with zero attached hydrogens (tertiary/aromatic N) is 1. The van der Waals surface area contributed by atoms with Crippen molar-refractivity contribution in [2.75, 3.05) is 45.2 Å². The summed E-state index contributed by atoms with van der Waals surface area (Å²) in [6.45, 7) is 6.76. The quantitative estimate of drug-likeness (QED) is 0.555. The first-order chi connectivity index (χ1) is 11.5. The Labute approximate surface area is 145 Å². The molecule has 0 radical (unpaired) electrons. The lowest BCUT2D eigenvalue weighted by molar-refractivity contribution is -0.904. The molecule has 6 heteroatoms. The summed E-state index contributed by atoms with van der Waals surface area (Å²) in [6, 6.07) is 8.36. The lowest BCUT2D eigenvalue weighted by Gasteiger charge is -2.18. The number of quaternary nitrogens is 1. The van der Waals surface area contributed by atoms with Crippen molar-refractivity contribution in [2.24, 2.45) is 0 Å². The Morgan fingerprint density at radius 2 is 1.71 bits per heavy atom. The van der Waals surface area contributed by atoms with Crippen molar-refractivity contribution in [2.45, 2.75) is 26.8 Å². The van der Waals surface area contributed by atoms with Crippen LogP contribution in [0.3, 0.4) is 0 Å². The molecule has 0 fully saturated rings. The fourth-order valence-corrected chi connectivity index (χ4v) is 2.31. The fourth-order valence-electron chi connectivity index (χ4n) is 2.31. The van der Waals surface area contributed by atoms with Gasteiger partial charge in [0.15, 0.2) is 6.54 Å². The van der Waals surface area contributed by atoms with E-state index in [-0.39, 0.29) is 18.4 Å². The predicted octanol–water partition coefficient (Wildman–Crippen LogP) is -0.200. The van der Waals surface area contributed by atoms with Crippen LogP contribution in [0.25, 0.3) is 0 Å². The van der Waals surface area contributed by atoms with Gasteiger partial charge in [0, 0.05) is 31.9 Å². The molecule has 0 aliphatic carbocycles. The van der Waals surface area contributed by atoms with E-state index in [4.69, 9.17) is 0 Å². The van der Waals surface area contributed by atoms with Gasteiger partial charge in [0.2, 0.25) is 5.91 Å². The molecule has 0 aliphatic heterocycles. The standard InChI is InChI=1S/C18H30N4O2/c1-5-11-19-17(23)12-20-18(24)14-22(6-2)13-15-7-9-16(10-8-15)21(3)4/h7-10H,5-6,11-14H2,1-4H3,(H,19,23)(H,20,24)/p+1. The molecule has 0 saturated heterocycles. The molecule has 1 rings (SSSR count). The molecule has 0 heterocycles. The maximum absolute atomic E-state index is 12.0. The molecule has 1 atom stereocenters. The van der Waals surface area contributed by atoms with Crippen LogP contribution in [-0.4, -0.2) is 52.1 Å². The van der Waals surface area contributed by atoms with Gasteiger partial charge in [-0.2, -0.15) is 0 Å². The minimum atomic E-state index is -0.137. The van der Waals surface area contributed by atoms with E-state index in [2.05, 4.69) is 46.7 Å². The van der Waals surface area contributed by atoms with Crippen LogP contribution in [0.2, 0.25) is 0 Å². The molecule has 1 aromatic rings. The number of anilines is 1. The molecule has 24 heavy (non-hydrogen) atoms. The number of carbonyl (C=O) groups is 2. The predicted molar refractivity (Wildman–Crippen MR) is 97.2 cm³/mol. The molecule has 0 aliphatic rings. The summed E-state index contributed by atoms with van der Waals surface area (Å²) >= 11 is 0. The lowest BCUT2D eigenvalue weighted by atomic mass is 10.2. The van der Waals surface area contributed by atoms with Crippen LogP contribution >= 0.6 is 0 Å². The summed E-state index contributed by atoms with van der Waals surface area (Å²) in [4.78, 5) is 26.7. The molecule has 0 bridgehead atoms. The van der Waals surface area contributed by atoms with Gasteiger partial charge in [-0.15, -0.1) is 0 Å². The van der Waals surface area contributed by atoms with Gasteiger partial charge in [-0.1, -0.05) is 19.1 Å². The Hall–Kier alpha value is -2.08. The molecule has 0 spiro atoms. The van der Waals surface area contributed by atoms with Crippen molar-refractivity contribution in [3.8, 4) is 0 Å². The molecule has 0 saturated carbocycles. The normalized spacial score (nSPS) is 11.7. The van der Waals surface area contributed by atoms with Crippen molar-refractivity contribution in [3.63, 3.8) is 0 Å². The second-order valence-electron chi connectivity index (χ2n) is 6.14. The number of hydrogen-bond donors (Lipinski definition) is 3. The van der Waals surface area contributed by atoms with Gasteiger partial charge in [0.1, 0.15) is 6.54 Å². The van der Waals surface area contributed by atoms with Crippen molar-refractivity contribution >= 4 is 17.5 Å². The first-order valence-electron chi connectivity index (χ1n) is 8.59. The van der Waals surface area contributed by atoms with Crippen molar-refractivity contribution in [1.29, 1.82) is 0 Å². The van der Waals surface area contributed by atoms with Gasteiger partial charge in [0.25, 0.3) is 5.91 Å². The zero-order valence-electron chi connectivity index (χ0n) is 15.3. The monoisotopic (exact) mass is 335 g/mol. The number of nitrogens with one attached hydrogen (secondary N) is 3. The Morgan fingerprint density at radius 3 is 2.25 bits per heavy atom. The molecule has 2 amide bonds. The minimum Gasteiger partial charge on any atom is -0.378 e. The third kappa shape index (κ3) is 7.46. The second kappa shape index (κ2) is 10.6. The van der Waals surface area contributed by atoms with Crippen LogP contribution in [0, 0.1) is 0 Å². The van der Waals surface area contributed by atoms with E-state index in [0.29, 0.717) is 13.1 Å². The van der Waals surface area contributed by atoms with Crippen LogP contribution in [0.5, 0.6) is 0 Å². The zero-order chi connectivity index (χ0) is 17.9. The van der Waals surface area contributed by atoms with E-state index in [9.17, 15) is 9.59 Å². The van der Waals surface area contributed by atoms with E-state index >= 15 is 0 Å². The van der Waals surface area contributed by atoms with Gasteiger partial charge in [-0.05, 0) is 25.5 Å². The highest BCUT2D eigenvalue weighted by Crippen LogP contribution is 2.11. The van der Waals surface area contributed by atoms with Crippen molar-refractivity contribution in [1.82, 2.24) is 10.6 Å². The third-order valence-electron chi connectivity index (χ3n) is 3.84. The number of likely N-dealkylation sites (N-methyl/N-ethyl adjacent to an activating group) is 1. The lowest BCUT2D eigenvalue weighted by Crippen LogP contribution is -3.11. The number of carbonyl (C=O) groups excluding carboxylic acids is 2. The highest BCUT2D eigenvalue weighted by molar-refractivity contribution is 5.84. The SMILES string of the molecule is CCCNC(=O)CNC(=O)C[NH+](CC)Cc1ccc(N(C)C)cc1. The summed E-state index contributed by atoms with van der Waals surface area (Å²) in [5, 5.41) is 5.43. The van der Waals surface area contributed by atoms with Gasteiger partial charge < -0.3 is 20.4 Å². The van der Waals surface area contributed by atoms with Crippen molar-refractivity contribution < 1.29 is 14.5 Å². The van der Waals surface area contributed by atoms with Crippen LogP contribution in [-0.2, 0) is 16.1 Å². The molecule has 1 aromatic carbocycles. The first-order valence-corrected chi connectivity index (χ1v) is 8.59. The average Bonchev–Trinajstić information content (AvgIpc) is 2.57. The summed E-state index contributed by atoms with van der Waals surface area (Å²) in [6.07, 6.45) is 0.889. The van der Waals surface area contributed by atoms with E-state index < -0.39 is 0 Å². The smallest absolute Gasteiger partial charge is 0.275 e. The molecule has 6 nitrogen and oxygen atoms in total. The maximum Gasteiger partial charge on any atom is 0.275 e. The van der Waals surface area contributed by atoms with Gasteiger partial charge >= 0.3 is 0 Å². The van der Waals surface area contributed by atoms with Crippen LogP contribution < -0.4 is 20.4 Å². The van der Waals surface area contributed by atoms with E-state index in [0.717, 1.165) is 25.2 Å². The van der Waals surface area contributed by atoms with E-state index in [1.807, 2.05) is 21.0 Å². The summed E-state index contributed by atoms with van der Waals surface area (Å²) < 4.78 is 0. The van der Waals surface area contributed by atoms with Gasteiger partial charge in [-0.3, -0.25) is 9.59 Å². The zero-order valence-corrected chi connectivity index (χ0v) is 15.3. The summed E-state index contributed by atoms with van der Waals surface area (Å²) in [7, 11) is 4.03. The number of benzene rings is 1. The number of amides is 2. The van der Waals surface area contributed by atoms with Crippen molar-refractivity contribution in [3.05, 3.63) is 29.8 Å². The second-order valence-corrected chi connectivity index (χ2v) is 6.14. The Bertz CT molecular complexity index is 514. The third-order valence-corrected chi connectivity index (χ3v) is 3.84. The first kappa shape index (κ1) is 20.0. The Kier molecular flexibility index (Phi) is 8.86. The van der Waals surface area contributed by atoms with Crippen LogP contribution in [0.15, 0.2) is 24.3 Å². The number of rotatable bonds is 10. The highest BCUT2D eigenvalue weighted by atomic mass is 16.2. The van der Waals surface area contributed by atoms with Gasteiger partial charge in [0.05, 0.1) is 13.1 Å². The maximum atomic E-state index is 12.0. The van der Waals surface area contributed by atoms with Crippen LogP contribution in [0.4, 0.5) is 5.69 Å². The minimum absolute atomic E-state index is 0.0490. The topological polar surface area (TPSA) is 65.9 Å². The molecular formula is C18H31N4O2+. The highest BCUT2D eigenvalue weighted by Gasteiger charge is 2.14. The molecule has 134 valence electrons. The molecule has 0 aromatic heterocycles. The Morgan fingerprint density at radius 1 is 1.04 bits per heavy atom. The fraction of sp³-hybridized carbons (Fsp3) is 0.556. The van der Waals surface area contributed by atoms with Crippen LogP contribution in [0.1, 0.15) is 25.8 Å². The summed E-state index contributed by atoms with van der Waals surface area (Å²) in [5.41, 5.74) is 2.36. The summed E-state index contributed by atoms with van der Waals surface area (Å²) in [5.74, 6) is -0.231. The Balaban J connectivity index is 2.43. The molecule has 3 N–H and O–H groups in total. The van der Waals surface area contributed by atoms with E-state index in [1.165, 1.54) is 10.5 Å². The van der Waals surface area contributed by atoms with Gasteiger partial charge in [-0.25, -0.2) is 0 Å². The number of hydrogen-bond acceptors (Lipinski definition) is 3. The largest absolute Gasteiger partial charge is 0.378 e. The van der Waals surface area contributed by atoms with E-state index in [1.54, 1.807) is 0 Å². The molecule has 1 unspecified atom stereocenters. The average molecular weight is 335 g/mol. The molecular weight excluding hydrogens is 304 g/mol.